The first-order valence-corrected chi connectivity index (χ1v) is 7.80. The van der Waals surface area contributed by atoms with Crippen LogP contribution in [0.3, 0.4) is 0 Å². The molecule has 1 aromatic heterocycles. The summed E-state index contributed by atoms with van der Waals surface area (Å²) in [5, 5.41) is 22.6. The van der Waals surface area contributed by atoms with Crippen LogP contribution in [-0.2, 0) is 0 Å². The molecule has 2 N–H and O–H groups in total. The van der Waals surface area contributed by atoms with Crippen LogP contribution >= 0.6 is 11.6 Å². The number of aromatic nitrogens is 3. The average molecular weight is 327 g/mol. The van der Waals surface area contributed by atoms with Gasteiger partial charge in [-0.3, -0.25) is 4.57 Å². The molecule has 0 aliphatic carbocycles. The van der Waals surface area contributed by atoms with Crippen LogP contribution in [0.25, 0.3) is 17.1 Å². The van der Waals surface area contributed by atoms with E-state index in [4.69, 9.17) is 11.6 Å². The molecule has 0 saturated carbocycles. The summed E-state index contributed by atoms with van der Waals surface area (Å²) in [6, 6.07) is 12.8. The molecule has 116 valence electrons. The normalized spacial score (nSPS) is 16.2. The average Bonchev–Trinajstić information content (AvgIpc) is 2.92. The van der Waals surface area contributed by atoms with Crippen molar-refractivity contribution < 1.29 is 5.11 Å². The number of hydrogen-bond donors (Lipinski definition) is 2. The van der Waals surface area contributed by atoms with E-state index in [-0.39, 0.29) is 11.7 Å². The highest BCUT2D eigenvalue weighted by atomic mass is 35.5. The smallest absolute Gasteiger partial charge is 0.168 e. The topological polar surface area (TPSA) is 63.0 Å². The minimum absolute atomic E-state index is 0.185. The van der Waals surface area contributed by atoms with Crippen LogP contribution in [0.1, 0.15) is 18.7 Å². The van der Waals surface area contributed by atoms with Gasteiger partial charge < -0.3 is 10.4 Å². The molecule has 0 radical (unpaired) electrons. The minimum atomic E-state index is 0.185. The quantitative estimate of drug-likeness (QED) is 0.713. The number of halogens is 1. The maximum atomic E-state index is 9.77. The zero-order valence-electron chi connectivity index (χ0n) is 12.5. The van der Waals surface area contributed by atoms with E-state index >= 15 is 0 Å². The van der Waals surface area contributed by atoms with Gasteiger partial charge in [0.05, 0.1) is 11.4 Å². The Morgan fingerprint density at radius 3 is 2.91 bits per heavy atom. The Kier molecular flexibility index (Phi) is 3.23. The molecule has 0 spiro atoms. The molecule has 1 aliphatic heterocycles. The third-order valence-electron chi connectivity index (χ3n) is 4.03. The number of nitrogens with zero attached hydrogens (tertiary/aromatic N) is 3. The van der Waals surface area contributed by atoms with Gasteiger partial charge in [-0.25, -0.2) is 0 Å². The molecule has 5 nitrogen and oxygen atoms in total. The van der Waals surface area contributed by atoms with Gasteiger partial charge >= 0.3 is 0 Å². The third-order valence-corrected chi connectivity index (χ3v) is 4.27. The van der Waals surface area contributed by atoms with E-state index in [0.717, 1.165) is 35.1 Å². The zero-order chi connectivity index (χ0) is 16.0. The van der Waals surface area contributed by atoms with Crippen molar-refractivity contribution in [3.05, 3.63) is 53.3 Å². The monoisotopic (exact) mass is 326 g/mol. The molecule has 0 amide bonds. The van der Waals surface area contributed by atoms with Gasteiger partial charge in [-0.15, -0.1) is 10.2 Å². The standard InChI is InChI=1S/C17H15ClN4O/c1-10-9-19-14-8-13(23)5-6-15(14)22-16(10)20-21-17(22)11-3-2-4-12(18)7-11/h2-8,10,19,23H,9H2,1H3/t10-/m1/s1. The largest absolute Gasteiger partial charge is 0.508 e. The second kappa shape index (κ2) is 5.28. The fraction of sp³-hybridized carbons (Fsp3) is 0.176. The number of benzene rings is 2. The highest BCUT2D eigenvalue weighted by molar-refractivity contribution is 6.30. The molecule has 4 rings (SSSR count). The summed E-state index contributed by atoms with van der Waals surface area (Å²) in [7, 11) is 0. The Hall–Kier alpha value is -2.53. The highest BCUT2D eigenvalue weighted by Crippen LogP contribution is 2.35. The number of aromatic hydroxyl groups is 1. The summed E-state index contributed by atoms with van der Waals surface area (Å²) in [5.74, 6) is 2.04. The van der Waals surface area contributed by atoms with Crippen molar-refractivity contribution in [3.63, 3.8) is 0 Å². The molecule has 2 aromatic carbocycles. The van der Waals surface area contributed by atoms with Gasteiger partial charge in [-0.05, 0) is 24.3 Å². The highest BCUT2D eigenvalue weighted by Gasteiger charge is 2.25. The van der Waals surface area contributed by atoms with Gasteiger partial charge in [0.1, 0.15) is 11.6 Å². The lowest BCUT2D eigenvalue weighted by atomic mass is 10.1. The predicted octanol–water partition coefficient (Wildman–Crippen LogP) is 3.82. The number of rotatable bonds is 1. The summed E-state index contributed by atoms with van der Waals surface area (Å²) in [6.45, 7) is 2.82. The van der Waals surface area contributed by atoms with E-state index in [1.807, 2.05) is 34.9 Å². The Morgan fingerprint density at radius 2 is 2.09 bits per heavy atom. The van der Waals surface area contributed by atoms with Crippen LogP contribution in [0.4, 0.5) is 5.69 Å². The van der Waals surface area contributed by atoms with Gasteiger partial charge in [0.15, 0.2) is 5.82 Å². The van der Waals surface area contributed by atoms with Crippen molar-refractivity contribution in [2.24, 2.45) is 0 Å². The molecule has 3 aromatic rings. The summed E-state index contributed by atoms with van der Waals surface area (Å²) in [4.78, 5) is 0. The third kappa shape index (κ3) is 2.33. The lowest BCUT2D eigenvalue weighted by molar-refractivity contribution is 0.475. The summed E-state index contributed by atoms with van der Waals surface area (Å²) >= 11 is 6.12. The maximum Gasteiger partial charge on any atom is 0.168 e. The van der Waals surface area contributed by atoms with Crippen molar-refractivity contribution in [3.8, 4) is 22.8 Å². The Bertz CT molecular complexity index is 890. The number of nitrogens with one attached hydrogen (secondary N) is 1. The maximum absolute atomic E-state index is 9.77. The second-order valence-corrected chi connectivity index (χ2v) is 6.15. The molecule has 1 aliphatic rings. The lowest BCUT2D eigenvalue weighted by Gasteiger charge is -2.12. The van der Waals surface area contributed by atoms with Crippen molar-refractivity contribution in [1.82, 2.24) is 14.8 Å². The summed E-state index contributed by atoms with van der Waals surface area (Å²) in [6.07, 6.45) is 0. The van der Waals surface area contributed by atoms with Crippen LogP contribution in [0.15, 0.2) is 42.5 Å². The molecule has 0 fully saturated rings. The fourth-order valence-corrected chi connectivity index (χ4v) is 3.07. The van der Waals surface area contributed by atoms with Crippen LogP contribution < -0.4 is 5.32 Å². The molecule has 0 unspecified atom stereocenters. The summed E-state index contributed by atoms with van der Waals surface area (Å²) < 4.78 is 2.03. The molecule has 6 heteroatoms. The van der Waals surface area contributed by atoms with Crippen molar-refractivity contribution in [2.45, 2.75) is 12.8 Å². The van der Waals surface area contributed by atoms with E-state index in [2.05, 4.69) is 22.4 Å². The van der Waals surface area contributed by atoms with Gasteiger partial charge in [-0.2, -0.15) is 0 Å². The molecule has 0 saturated heterocycles. The number of phenols is 1. The van der Waals surface area contributed by atoms with Gasteiger partial charge in [-0.1, -0.05) is 30.7 Å². The second-order valence-electron chi connectivity index (χ2n) is 5.71. The first-order valence-electron chi connectivity index (χ1n) is 7.42. The molecule has 23 heavy (non-hydrogen) atoms. The summed E-state index contributed by atoms with van der Waals surface area (Å²) in [5.41, 5.74) is 2.69. The number of anilines is 1. The van der Waals surface area contributed by atoms with E-state index in [9.17, 15) is 5.11 Å². The van der Waals surface area contributed by atoms with Gasteiger partial charge in [0.2, 0.25) is 0 Å². The van der Waals surface area contributed by atoms with E-state index in [0.29, 0.717) is 5.02 Å². The van der Waals surface area contributed by atoms with Crippen LogP contribution in [0, 0.1) is 0 Å². The first-order chi connectivity index (χ1) is 11.1. The molecule has 2 heterocycles. The molecular formula is C17H15ClN4O. The van der Waals surface area contributed by atoms with Crippen molar-refractivity contribution >= 4 is 17.3 Å². The van der Waals surface area contributed by atoms with E-state index < -0.39 is 0 Å². The van der Waals surface area contributed by atoms with E-state index in [1.165, 1.54) is 0 Å². The van der Waals surface area contributed by atoms with Crippen LogP contribution in [0.2, 0.25) is 5.02 Å². The van der Waals surface area contributed by atoms with Gasteiger partial charge in [0.25, 0.3) is 0 Å². The number of phenolic OH excluding ortho intramolecular Hbond substituents is 1. The Labute approximate surface area is 138 Å². The van der Waals surface area contributed by atoms with Crippen molar-refractivity contribution in [2.75, 3.05) is 11.9 Å². The fourth-order valence-electron chi connectivity index (χ4n) is 2.88. The molecular weight excluding hydrogens is 312 g/mol. The zero-order valence-corrected chi connectivity index (χ0v) is 13.2. The van der Waals surface area contributed by atoms with Gasteiger partial charge in [0, 0.05) is 29.1 Å². The van der Waals surface area contributed by atoms with E-state index in [1.54, 1.807) is 12.1 Å². The minimum Gasteiger partial charge on any atom is -0.508 e. The number of hydrogen-bond acceptors (Lipinski definition) is 4. The first kappa shape index (κ1) is 14.1. The van der Waals surface area contributed by atoms with Crippen LogP contribution in [0.5, 0.6) is 5.75 Å². The Morgan fingerprint density at radius 1 is 1.22 bits per heavy atom. The lowest BCUT2D eigenvalue weighted by Crippen LogP contribution is -2.09. The van der Waals surface area contributed by atoms with Crippen molar-refractivity contribution in [1.29, 1.82) is 0 Å². The van der Waals surface area contributed by atoms with Crippen LogP contribution in [-0.4, -0.2) is 26.4 Å². The predicted molar refractivity (Wildman–Crippen MR) is 90.4 cm³/mol. The molecule has 0 bridgehead atoms. The number of fused-ring (bicyclic) bond motifs is 3. The Balaban J connectivity index is 1.99. The SMILES string of the molecule is C[C@@H]1CNc2cc(O)ccc2-n2c(-c3cccc(Cl)c3)nnc21. The molecule has 1 atom stereocenters.